The lowest BCUT2D eigenvalue weighted by Gasteiger charge is -2.10. The van der Waals surface area contributed by atoms with Crippen LogP contribution in [0, 0.1) is 13.8 Å². The van der Waals surface area contributed by atoms with E-state index < -0.39 is 0 Å². The van der Waals surface area contributed by atoms with Crippen molar-refractivity contribution >= 4 is 45.7 Å². The molecule has 0 aliphatic carbocycles. The molecule has 0 spiro atoms. The van der Waals surface area contributed by atoms with Gasteiger partial charge in [-0.1, -0.05) is 29.5 Å². The number of nitrogens with one attached hydrogen (secondary N) is 1. The Morgan fingerprint density at radius 3 is 2.70 bits per heavy atom. The van der Waals surface area contributed by atoms with Crippen molar-refractivity contribution in [2.24, 2.45) is 0 Å². The smallest absolute Gasteiger partial charge is 0.230 e. The zero-order chi connectivity index (χ0) is 21.1. The molecule has 0 unspecified atom stereocenters. The lowest BCUT2D eigenvalue weighted by atomic mass is 10.2. The molecule has 1 N–H and O–H groups in total. The molecule has 2 heterocycles. The highest BCUT2D eigenvalue weighted by molar-refractivity contribution is 7.99. The van der Waals surface area contributed by atoms with E-state index in [0.29, 0.717) is 23.8 Å². The molecule has 2 amide bonds. The van der Waals surface area contributed by atoms with Crippen LogP contribution in [0.3, 0.4) is 0 Å². The van der Waals surface area contributed by atoms with Gasteiger partial charge in [-0.15, -0.1) is 11.3 Å². The number of thiazole rings is 1. The Balaban J connectivity index is 1.33. The summed E-state index contributed by atoms with van der Waals surface area (Å²) in [5.41, 5.74) is 3.97. The summed E-state index contributed by atoms with van der Waals surface area (Å²) >= 11 is 3.13. The fraction of sp³-hybridized carbons (Fsp3) is 0.261. The lowest BCUT2D eigenvalue weighted by Crippen LogP contribution is -2.23. The Hall–Kier alpha value is -2.64. The summed E-state index contributed by atoms with van der Waals surface area (Å²) in [4.78, 5) is 32.8. The van der Waals surface area contributed by atoms with Gasteiger partial charge in [0, 0.05) is 33.8 Å². The third-order valence-electron chi connectivity index (χ3n) is 4.88. The van der Waals surface area contributed by atoms with Crippen LogP contribution >= 0.6 is 23.1 Å². The molecule has 4 rings (SSSR count). The van der Waals surface area contributed by atoms with Gasteiger partial charge in [0.2, 0.25) is 11.8 Å². The number of carbonyl (C=O) groups excluding carboxylic acids is 2. The van der Waals surface area contributed by atoms with Crippen LogP contribution in [0.5, 0.6) is 0 Å². The summed E-state index contributed by atoms with van der Waals surface area (Å²) < 4.78 is 0. The number of rotatable bonds is 6. The second-order valence-corrected chi connectivity index (χ2v) is 9.34. The highest BCUT2D eigenvalue weighted by Gasteiger charge is 2.24. The molecule has 5 nitrogen and oxygen atoms in total. The first-order chi connectivity index (χ1) is 14.5. The van der Waals surface area contributed by atoms with Crippen LogP contribution in [0.4, 0.5) is 10.8 Å². The minimum absolute atomic E-state index is 0.110. The first kappa shape index (κ1) is 20.6. The second-order valence-electron chi connectivity index (χ2n) is 7.39. The number of benzene rings is 2. The zero-order valence-corrected chi connectivity index (χ0v) is 18.6. The standard InChI is InChI=1S/C23H23N3O2S2/c1-15-5-10-20(16(2)12-15)30-19-8-6-17(7-9-19)24-21(27)13-18-14-29-23(25-18)26-11-3-4-22(26)28/h5-10,12,14H,3-4,11,13H2,1-2H3,(H,24,27). The first-order valence-electron chi connectivity index (χ1n) is 9.88. The van der Waals surface area contributed by atoms with E-state index in [2.05, 4.69) is 42.3 Å². The van der Waals surface area contributed by atoms with Gasteiger partial charge in [0.05, 0.1) is 12.1 Å². The maximum Gasteiger partial charge on any atom is 0.230 e. The Morgan fingerprint density at radius 2 is 2.00 bits per heavy atom. The summed E-state index contributed by atoms with van der Waals surface area (Å²) in [7, 11) is 0. The topological polar surface area (TPSA) is 62.3 Å². The van der Waals surface area contributed by atoms with E-state index in [4.69, 9.17) is 0 Å². The predicted octanol–water partition coefficient (Wildman–Crippen LogP) is 5.22. The van der Waals surface area contributed by atoms with Gasteiger partial charge in [0.1, 0.15) is 0 Å². The van der Waals surface area contributed by atoms with Gasteiger partial charge in [0.15, 0.2) is 5.13 Å². The predicted molar refractivity (Wildman–Crippen MR) is 123 cm³/mol. The molecule has 3 aromatic rings. The van der Waals surface area contributed by atoms with Crippen molar-refractivity contribution in [2.45, 2.75) is 42.9 Å². The van der Waals surface area contributed by atoms with E-state index in [1.807, 2.05) is 29.6 Å². The minimum atomic E-state index is -0.116. The average Bonchev–Trinajstić information content (AvgIpc) is 3.34. The number of aromatic nitrogens is 1. The number of hydrogen-bond acceptors (Lipinski definition) is 5. The Morgan fingerprint density at radius 1 is 1.20 bits per heavy atom. The van der Waals surface area contributed by atoms with E-state index in [1.54, 1.807) is 16.7 Å². The Bertz CT molecular complexity index is 1080. The van der Waals surface area contributed by atoms with Crippen molar-refractivity contribution in [1.29, 1.82) is 0 Å². The molecule has 2 aromatic carbocycles. The minimum Gasteiger partial charge on any atom is -0.326 e. The highest BCUT2D eigenvalue weighted by Crippen LogP contribution is 2.31. The highest BCUT2D eigenvalue weighted by atomic mass is 32.2. The van der Waals surface area contributed by atoms with Gasteiger partial charge in [-0.05, 0) is 56.2 Å². The van der Waals surface area contributed by atoms with E-state index in [9.17, 15) is 9.59 Å². The molecule has 0 saturated carbocycles. The van der Waals surface area contributed by atoms with Gasteiger partial charge < -0.3 is 5.32 Å². The summed E-state index contributed by atoms with van der Waals surface area (Å²) in [6.45, 7) is 4.93. The summed E-state index contributed by atoms with van der Waals surface area (Å²) in [6, 6.07) is 14.3. The van der Waals surface area contributed by atoms with Crippen molar-refractivity contribution in [2.75, 3.05) is 16.8 Å². The summed E-state index contributed by atoms with van der Waals surface area (Å²) in [5, 5.41) is 5.46. The third kappa shape index (κ3) is 4.91. The molecule has 1 fully saturated rings. The van der Waals surface area contributed by atoms with Crippen molar-refractivity contribution in [3.8, 4) is 0 Å². The van der Waals surface area contributed by atoms with Crippen LogP contribution in [0.1, 0.15) is 29.7 Å². The molecule has 0 radical (unpaired) electrons. The third-order valence-corrected chi connectivity index (χ3v) is 6.98. The summed E-state index contributed by atoms with van der Waals surface area (Å²) in [5.74, 6) is -0.00600. The fourth-order valence-corrected chi connectivity index (χ4v) is 5.12. The van der Waals surface area contributed by atoms with Crippen LogP contribution in [0.15, 0.2) is 57.6 Å². The molecule has 30 heavy (non-hydrogen) atoms. The molecule has 1 aliphatic heterocycles. The van der Waals surface area contributed by atoms with Crippen LogP contribution in [-0.2, 0) is 16.0 Å². The van der Waals surface area contributed by atoms with Gasteiger partial charge in [0.25, 0.3) is 0 Å². The maximum atomic E-state index is 12.4. The molecular formula is C23H23N3O2S2. The van der Waals surface area contributed by atoms with Crippen LogP contribution in [0.25, 0.3) is 0 Å². The van der Waals surface area contributed by atoms with Gasteiger partial charge in [-0.2, -0.15) is 0 Å². The Labute approximate surface area is 184 Å². The quantitative estimate of drug-likeness (QED) is 0.574. The molecule has 1 saturated heterocycles. The van der Waals surface area contributed by atoms with Crippen molar-refractivity contribution in [3.63, 3.8) is 0 Å². The van der Waals surface area contributed by atoms with Crippen LogP contribution in [-0.4, -0.2) is 23.3 Å². The first-order valence-corrected chi connectivity index (χ1v) is 11.6. The molecule has 1 aromatic heterocycles. The van der Waals surface area contributed by atoms with Crippen molar-refractivity contribution in [1.82, 2.24) is 4.98 Å². The van der Waals surface area contributed by atoms with Gasteiger partial charge in [-0.25, -0.2) is 4.98 Å². The largest absolute Gasteiger partial charge is 0.326 e. The SMILES string of the molecule is Cc1ccc(Sc2ccc(NC(=O)Cc3csc(N4CCCC4=O)n3)cc2)c(C)c1. The molecule has 1 aliphatic rings. The van der Waals surface area contributed by atoms with Crippen molar-refractivity contribution < 1.29 is 9.59 Å². The van der Waals surface area contributed by atoms with E-state index >= 15 is 0 Å². The zero-order valence-electron chi connectivity index (χ0n) is 17.0. The number of carbonyl (C=O) groups is 2. The monoisotopic (exact) mass is 437 g/mol. The normalized spacial score (nSPS) is 13.7. The number of anilines is 2. The van der Waals surface area contributed by atoms with E-state index in [1.165, 1.54) is 27.4 Å². The van der Waals surface area contributed by atoms with Crippen molar-refractivity contribution in [3.05, 3.63) is 64.7 Å². The van der Waals surface area contributed by atoms with E-state index in [0.717, 1.165) is 17.0 Å². The average molecular weight is 438 g/mol. The van der Waals surface area contributed by atoms with Crippen LogP contribution in [0.2, 0.25) is 0 Å². The van der Waals surface area contributed by atoms with Gasteiger partial charge >= 0.3 is 0 Å². The lowest BCUT2D eigenvalue weighted by molar-refractivity contribution is -0.117. The molecule has 154 valence electrons. The number of aryl methyl sites for hydroxylation is 2. The fourth-order valence-electron chi connectivity index (χ4n) is 3.37. The van der Waals surface area contributed by atoms with Crippen LogP contribution < -0.4 is 10.2 Å². The maximum absolute atomic E-state index is 12.4. The number of hydrogen-bond donors (Lipinski definition) is 1. The Kier molecular flexibility index (Phi) is 6.20. The van der Waals surface area contributed by atoms with E-state index in [-0.39, 0.29) is 18.2 Å². The number of amides is 2. The molecular weight excluding hydrogens is 414 g/mol. The molecule has 0 atom stereocenters. The molecule has 0 bridgehead atoms. The second kappa shape index (κ2) is 9.02. The summed E-state index contributed by atoms with van der Waals surface area (Å²) in [6.07, 6.45) is 1.64. The molecule has 7 heteroatoms. The number of nitrogens with zero attached hydrogens (tertiary/aromatic N) is 2. The van der Waals surface area contributed by atoms with Gasteiger partial charge in [-0.3, -0.25) is 14.5 Å².